The van der Waals surface area contributed by atoms with Crippen molar-refractivity contribution in [3.8, 4) is 11.5 Å². The molecule has 2 aromatic heterocycles. The molecule has 2 N–H and O–H groups in total. The van der Waals surface area contributed by atoms with Crippen molar-refractivity contribution in [3.63, 3.8) is 0 Å². The molecule has 0 aromatic carbocycles. The Bertz CT molecular complexity index is 1170. The topological polar surface area (TPSA) is 93.2 Å². The number of nitrogens with one attached hydrogen (secondary N) is 2. The normalized spacial score (nSPS) is 26.8. The fourth-order valence-corrected chi connectivity index (χ4v) is 6.63. The van der Waals surface area contributed by atoms with E-state index in [-0.39, 0.29) is 11.3 Å². The highest BCUT2D eigenvalue weighted by Crippen LogP contribution is 2.60. The molecule has 0 atom stereocenters. The number of ether oxygens (including phenoxy) is 1. The smallest absolute Gasteiger partial charge is 0.327 e. The predicted molar refractivity (Wildman–Crippen MR) is 135 cm³/mol. The highest BCUT2D eigenvalue weighted by atomic mass is 16.5. The van der Waals surface area contributed by atoms with E-state index in [2.05, 4.69) is 27.2 Å². The molecular weight excluding hydrogens is 440 g/mol. The van der Waals surface area contributed by atoms with Gasteiger partial charge in [0, 0.05) is 12.3 Å². The van der Waals surface area contributed by atoms with Crippen molar-refractivity contribution in [2.75, 3.05) is 5.32 Å². The number of aryl methyl sites for hydroxylation is 1. The van der Waals surface area contributed by atoms with Crippen molar-refractivity contribution in [2.45, 2.75) is 52.4 Å². The van der Waals surface area contributed by atoms with E-state index in [1.807, 2.05) is 26.0 Å². The Morgan fingerprint density at radius 1 is 1.11 bits per heavy atom. The van der Waals surface area contributed by atoms with Crippen LogP contribution in [0.2, 0.25) is 0 Å². The molecule has 7 heteroatoms. The molecule has 4 fully saturated rings. The van der Waals surface area contributed by atoms with Gasteiger partial charge in [-0.05, 0) is 93.9 Å². The van der Waals surface area contributed by atoms with Crippen molar-refractivity contribution in [2.24, 2.45) is 23.2 Å². The number of pyridine rings is 2. The van der Waals surface area contributed by atoms with E-state index in [1.165, 1.54) is 19.3 Å². The number of nitrogens with zero attached hydrogens (tertiary/aromatic N) is 2. The monoisotopic (exact) mass is 472 g/mol. The van der Waals surface area contributed by atoms with Crippen LogP contribution < -0.4 is 15.4 Å². The summed E-state index contributed by atoms with van der Waals surface area (Å²) in [7, 11) is 0. The van der Waals surface area contributed by atoms with Gasteiger partial charge in [0.2, 0.25) is 5.91 Å². The van der Waals surface area contributed by atoms with Gasteiger partial charge in [0.25, 0.3) is 0 Å². The highest BCUT2D eigenvalue weighted by molar-refractivity contribution is 6.02. The van der Waals surface area contributed by atoms with Gasteiger partial charge in [-0.3, -0.25) is 20.4 Å². The number of carbonyl (C=O) groups is 2. The Hall–Kier alpha value is -3.48. The van der Waals surface area contributed by atoms with Gasteiger partial charge in [0.15, 0.2) is 0 Å². The highest BCUT2D eigenvalue weighted by Gasteiger charge is 2.54. The number of anilines is 1. The van der Waals surface area contributed by atoms with Gasteiger partial charge < -0.3 is 4.74 Å². The van der Waals surface area contributed by atoms with Gasteiger partial charge in [-0.1, -0.05) is 18.7 Å². The standard InChI is InChI=1S/C28H32N4O3/c1-4-21(5-2)23-13-22(8-9-29-23)35-24-6-7-25(30-17(24)3)31-27(34)32-26(33)28-14-18-10-19(15-28)12-20(11-18)16-28/h4-9,13,18-20H,1,10-12,14-16H2,2-3H3,(H2,30,31,32,33,34)/b21-5+. The maximum atomic E-state index is 13.1. The molecule has 4 saturated carbocycles. The minimum atomic E-state index is -0.534. The van der Waals surface area contributed by atoms with Crippen LogP contribution >= 0.6 is 0 Å². The zero-order chi connectivity index (χ0) is 24.6. The minimum Gasteiger partial charge on any atom is -0.455 e. The molecule has 4 aliphatic carbocycles. The SMILES string of the molecule is C=C/C(=C\C)c1cc(Oc2ccc(NC(=O)NC(=O)C34CC5CC(CC(C5)C3)C4)nc2C)ccn1. The van der Waals surface area contributed by atoms with Crippen LogP contribution in [0, 0.1) is 30.1 Å². The minimum absolute atomic E-state index is 0.126. The third kappa shape index (κ3) is 4.72. The van der Waals surface area contributed by atoms with E-state index in [4.69, 9.17) is 4.74 Å². The summed E-state index contributed by atoms with van der Waals surface area (Å²) in [6.45, 7) is 7.55. The number of carbonyl (C=O) groups excluding carboxylic acids is 2. The molecule has 4 bridgehead atoms. The second-order valence-corrected chi connectivity index (χ2v) is 10.3. The number of urea groups is 1. The Balaban J connectivity index is 1.22. The zero-order valence-electron chi connectivity index (χ0n) is 20.3. The van der Waals surface area contributed by atoms with Crippen molar-refractivity contribution < 1.29 is 14.3 Å². The number of imide groups is 1. The lowest BCUT2D eigenvalue weighted by molar-refractivity contribution is -0.144. The maximum absolute atomic E-state index is 13.1. The Morgan fingerprint density at radius 2 is 1.80 bits per heavy atom. The van der Waals surface area contributed by atoms with E-state index >= 15 is 0 Å². The molecule has 2 heterocycles. The van der Waals surface area contributed by atoms with Crippen LogP contribution in [0.4, 0.5) is 10.6 Å². The molecule has 0 aliphatic heterocycles. The first-order valence-corrected chi connectivity index (χ1v) is 12.4. The van der Waals surface area contributed by atoms with Gasteiger partial charge >= 0.3 is 6.03 Å². The quantitative estimate of drug-likeness (QED) is 0.501. The van der Waals surface area contributed by atoms with E-state index in [9.17, 15) is 9.59 Å². The summed E-state index contributed by atoms with van der Waals surface area (Å²) < 4.78 is 6.00. The van der Waals surface area contributed by atoms with E-state index < -0.39 is 6.03 Å². The van der Waals surface area contributed by atoms with Gasteiger partial charge in [-0.25, -0.2) is 9.78 Å². The van der Waals surface area contributed by atoms with Crippen molar-refractivity contribution >= 4 is 23.3 Å². The lowest BCUT2D eigenvalue weighted by atomic mass is 9.49. The molecular formula is C28H32N4O3. The number of amides is 3. The summed E-state index contributed by atoms with van der Waals surface area (Å²) >= 11 is 0. The number of hydrogen-bond acceptors (Lipinski definition) is 5. The third-order valence-electron chi connectivity index (χ3n) is 7.81. The molecule has 0 saturated heterocycles. The fraction of sp³-hybridized carbons (Fsp3) is 0.429. The molecule has 4 aliphatic rings. The summed E-state index contributed by atoms with van der Waals surface area (Å²) in [5, 5.41) is 5.32. The van der Waals surface area contributed by atoms with Crippen LogP contribution in [0.3, 0.4) is 0 Å². The molecule has 182 valence electrons. The van der Waals surface area contributed by atoms with Crippen molar-refractivity contribution in [3.05, 3.63) is 60.6 Å². The maximum Gasteiger partial charge on any atom is 0.327 e. The Kier molecular flexibility index (Phi) is 6.17. The molecule has 35 heavy (non-hydrogen) atoms. The van der Waals surface area contributed by atoms with Crippen LogP contribution in [0.25, 0.3) is 5.57 Å². The zero-order valence-corrected chi connectivity index (χ0v) is 20.3. The molecule has 0 unspecified atom stereocenters. The Morgan fingerprint density at radius 3 is 2.40 bits per heavy atom. The molecule has 0 spiro atoms. The second-order valence-electron chi connectivity index (χ2n) is 10.3. The largest absolute Gasteiger partial charge is 0.455 e. The molecule has 0 radical (unpaired) electrons. The van der Waals surface area contributed by atoms with Crippen LogP contribution in [-0.4, -0.2) is 21.9 Å². The van der Waals surface area contributed by atoms with Gasteiger partial charge in [-0.2, -0.15) is 0 Å². The first-order chi connectivity index (χ1) is 16.9. The summed E-state index contributed by atoms with van der Waals surface area (Å²) in [6, 6.07) is 6.50. The molecule has 6 rings (SSSR count). The van der Waals surface area contributed by atoms with Crippen LogP contribution in [-0.2, 0) is 4.79 Å². The van der Waals surface area contributed by atoms with Gasteiger partial charge in [-0.15, -0.1) is 0 Å². The summed E-state index contributed by atoms with van der Waals surface area (Å²) in [6.07, 6.45) is 11.9. The van der Waals surface area contributed by atoms with Crippen LogP contribution in [0.1, 0.15) is 56.8 Å². The van der Waals surface area contributed by atoms with E-state index in [1.54, 1.807) is 30.5 Å². The number of aromatic nitrogens is 2. The second kappa shape index (κ2) is 9.29. The third-order valence-corrected chi connectivity index (χ3v) is 7.81. The molecule has 3 amide bonds. The summed E-state index contributed by atoms with van der Waals surface area (Å²) in [5.41, 5.74) is 1.93. The van der Waals surface area contributed by atoms with Crippen LogP contribution in [0.15, 0.2) is 49.2 Å². The summed E-state index contributed by atoms with van der Waals surface area (Å²) in [4.78, 5) is 34.5. The van der Waals surface area contributed by atoms with Crippen LogP contribution in [0.5, 0.6) is 11.5 Å². The first kappa shape index (κ1) is 23.3. The van der Waals surface area contributed by atoms with Gasteiger partial charge in [0.05, 0.1) is 16.8 Å². The fourth-order valence-electron chi connectivity index (χ4n) is 6.63. The average Bonchev–Trinajstić information content (AvgIpc) is 2.81. The van der Waals surface area contributed by atoms with Crippen molar-refractivity contribution in [1.82, 2.24) is 15.3 Å². The molecule has 7 nitrogen and oxygen atoms in total. The van der Waals surface area contributed by atoms with Crippen molar-refractivity contribution in [1.29, 1.82) is 0 Å². The first-order valence-electron chi connectivity index (χ1n) is 12.4. The van der Waals surface area contributed by atoms with E-state index in [0.29, 0.717) is 40.8 Å². The predicted octanol–water partition coefficient (Wildman–Crippen LogP) is 6.03. The number of hydrogen-bond donors (Lipinski definition) is 2. The average molecular weight is 473 g/mol. The number of allylic oxidation sites excluding steroid dienone is 3. The lowest BCUT2D eigenvalue weighted by Crippen LogP contribution is -2.55. The molecule has 2 aromatic rings. The number of rotatable bonds is 6. The van der Waals surface area contributed by atoms with Gasteiger partial charge in [0.1, 0.15) is 17.3 Å². The summed E-state index contributed by atoms with van der Waals surface area (Å²) in [5.74, 6) is 3.36. The Labute approximate surface area is 206 Å². The lowest BCUT2D eigenvalue weighted by Gasteiger charge is -2.55. The van der Waals surface area contributed by atoms with E-state index in [0.717, 1.165) is 30.5 Å².